The summed E-state index contributed by atoms with van der Waals surface area (Å²) in [4.78, 5) is 16.3. The Morgan fingerprint density at radius 2 is 2.21 bits per heavy atom. The largest absolute Gasteiger partial charge is 0.324 e. The molecule has 1 aromatic carbocycles. The molecule has 2 rings (SSSR count). The van der Waals surface area contributed by atoms with Crippen molar-refractivity contribution in [1.82, 2.24) is 4.98 Å². The summed E-state index contributed by atoms with van der Waals surface area (Å²) in [7, 11) is 0. The molecule has 2 aromatic rings. The summed E-state index contributed by atoms with van der Waals surface area (Å²) in [5, 5.41) is 3.84. The third kappa shape index (κ3) is 2.90. The second-order valence-electron chi connectivity index (χ2n) is 4.71. The van der Waals surface area contributed by atoms with Gasteiger partial charge < -0.3 is 11.1 Å². The number of aryl methyl sites for hydroxylation is 1. The number of hydrogen-bond donors (Lipinski definition) is 2. The van der Waals surface area contributed by atoms with E-state index in [4.69, 9.17) is 5.73 Å². The molecule has 0 saturated carbocycles. The second-order valence-corrected chi connectivity index (χ2v) is 4.71. The quantitative estimate of drug-likeness (QED) is 0.884. The molecular formula is C15H19N3O. The predicted octanol–water partition coefficient (Wildman–Crippen LogP) is 2.61. The first-order valence-corrected chi connectivity index (χ1v) is 6.54. The zero-order valence-electron chi connectivity index (χ0n) is 11.3. The van der Waals surface area contributed by atoms with Crippen LogP contribution < -0.4 is 11.1 Å². The van der Waals surface area contributed by atoms with E-state index in [0.717, 1.165) is 28.6 Å². The van der Waals surface area contributed by atoms with Gasteiger partial charge in [-0.25, -0.2) is 0 Å². The maximum Gasteiger partial charge on any atom is 0.241 e. The van der Waals surface area contributed by atoms with E-state index in [1.165, 1.54) is 0 Å². The van der Waals surface area contributed by atoms with Gasteiger partial charge in [0.05, 0.1) is 17.2 Å². The minimum Gasteiger partial charge on any atom is -0.324 e. The monoisotopic (exact) mass is 257 g/mol. The van der Waals surface area contributed by atoms with E-state index in [-0.39, 0.29) is 5.91 Å². The number of aromatic nitrogens is 1. The molecule has 1 atom stereocenters. The van der Waals surface area contributed by atoms with Gasteiger partial charge in [0.15, 0.2) is 0 Å². The first-order chi connectivity index (χ1) is 9.13. The van der Waals surface area contributed by atoms with Gasteiger partial charge in [-0.3, -0.25) is 9.78 Å². The zero-order chi connectivity index (χ0) is 13.8. The molecule has 0 aliphatic carbocycles. The summed E-state index contributed by atoms with van der Waals surface area (Å²) in [6, 6.07) is 7.21. The van der Waals surface area contributed by atoms with Gasteiger partial charge >= 0.3 is 0 Å². The molecule has 100 valence electrons. The lowest BCUT2D eigenvalue weighted by molar-refractivity contribution is -0.117. The number of hydrogen-bond acceptors (Lipinski definition) is 3. The Hall–Kier alpha value is -1.94. The third-order valence-electron chi connectivity index (χ3n) is 3.17. The van der Waals surface area contributed by atoms with Crippen molar-refractivity contribution in [2.24, 2.45) is 5.73 Å². The molecule has 0 aliphatic heterocycles. The fourth-order valence-electron chi connectivity index (χ4n) is 2.09. The minimum atomic E-state index is -0.460. The number of anilines is 1. The second kappa shape index (κ2) is 5.80. The molecule has 0 spiro atoms. The highest BCUT2D eigenvalue weighted by Crippen LogP contribution is 2.24. The van der Waals surface area contributed by atoms with Crippen LogP contribution >= 0.6 is 0 Å². The molecule has 0 saturated heterocycles. The maximum absolute atomic E-state index is 12.0. The molecule has 4 nitrogen and oxygen atoms in total. The smallest absolute Gasteiger partial charge is 0.241 e. The summed E-state index contributed by atoms with van der Waals surface area (Å²) >= 11 is 0. The van der Waals surface area contributed by atoms with E-state index in [1.54, 1.807) is 6.20 Å². The lowest BCUT2D eigenvalue weighted by Crippen LogP contribution is -2.35. The van der Waals surface area contributed by atoms with Gasteiger partial charge in [-0.05, 0) is 37.1 Å². The normalized spacial score (nSPS) is 12.4. The summed E-state index contributed by atoms with van der Waals surface area (Å²) in [6.45, 7) is 4.02. The van der Waals surface area contributed by atoms with Gasteiger partial charge in [0, 0.05) is 11.6 Å². The summed E-state index contributed by atoms with van der Waals surface area (Å²) in [5.74, 6) is -0.143. The molecule has 3 N–H and O–H groups in total. The van der Waals surface area contributed by atoms with Crippen molar-refractivity contribution >= 4 is 22.5 Å². The van der Waals surface area contributed by atoms with Gasteiger partial charge in [-0.1, -0.05) is 19.4 Å². The van der Waals surface area contributed by atoms with E-state index < -0.39 is 6.04 Å². The number of pyridine rings is 1. The number of nitrogens with one attached hydrogen (secondary N) is 1. The van der Waals surface area contributed by atoms with Crippen molar-refractivity contribution in [3.8, 4) is 0 Å². The standard InChI is InChI=1S/C15H19N3O/c1-3-5-12(16)15(19)18-13-8-7-10(2)14-11(13)6-4-9-17-14/h4,6-9,12H,3,5,16H2,1-2H3,(H,18,19)/t12-/m0/s1. The van der Waals surface area contributed by atoms with Crippen molar-refractivity contribution in [2.75, 3.05) is 5.32 Å². The average molecular weight is 257 g/mol. The lowest BCUT2D eigenvalue weighted by Gasteiger charge is -2.13. The number of benzene rings is 1. The molecule has 0 bridgehead atoms. The summed E-state index contributed by atoms with van der Waals surface area (Å²) in [6.07, 6.45) is 3.34. The van der Waals surface area contributed by atoms with Crippen LogP contribution in [0.3, 0.4) is 0 Å². The molecular weight excluding hydrogens is 238 g/mol. The van der Waals surface area contributed by atoms with Gasteiger partial charge in [-0.2, -0.15) is 0 Å². The first-order valence-electron chi connectivity index (χ1n) is 6.54. The highest BCUT2D eigenvalue weighted by Gasteiger charge is 2.14. The Bertz CT molecular complexity index is 595. The molecule has 1 amide bonds. The van der Waals surface area contributed by atoms with Crippen LogP contribution in [0.4, 0.5) is 5.69 Å². The van der Waals surface area contributed by atoms with Crippen LogP contribution in [0.5, 0.6) is 0 Å². The lowest BCUT2D eigenvalue weighted by atomic mass is 10.1. The molecule has 0 unspecified atom stereocenters. The highest BCUT2D eigenvalue weighted by molar-refractivity contribution is 6.03. The summed E-state index contributed by atoms with van der Waals surface area (Å²) in [5.41, 5.74) is 8.59. The van der Waals surface area contributed by atoms with Crippen LogP contribution in [-0.4, -0.2) is 16.9 Å². The van der Waals surface area contributed by atoms with Crippen LogP contribution in [-0.2, 0) is 4.79 Å². The number of rotatable bonds is 4. The Kier molecular flexibility index (Phi) is 4.12. The van der Waals surface area contributed by atoms with E-state index in [9.17, 15) is 4.79 Å². The van der Waals surface area contributed by atoms with Crippen LogP contribution in [0.1, 0.15) is 25.3 Å². The number of nitrogens with two attached hydrogens (primary N) is 1. The Balaban J connectivity index is 2.31. The maximum atomic E-state index is 12.0. The SMILES string of the molecule is CCC[C@H](N)C(=O)Nc1ccc(C)c2ncccc12. The molecule has 0 fully saturated rings. The number of carbonyl (C=O) groups excluding carboxylic acids is 1. The molecule has 19 heavy (non-hydrogen) atoms. The van der Waals surface area contributed by atoms with Crippen molar-refractivity contribution < 1.29 is 4.79 Å². The van der Waals surface area contributed by atoms with Crippen LogP contribution in [0.2, 0.25) is 0 Å². The van der Waals surface area contributed by atoms with Crippen LogP contribution in [0.25, 0.3) is 10.9 Å². The Labute approximate surface area is 113 Å². The van der Waals surface area contributed by atoms with E-state index in [2.05, 4.69) is 10.3 Å². The van der Waals surface area contributed by atoms with Gasteiger partial charge in [-0.15, -0.1) is 0 Å². The number of amides is 1. The van der Waals surface area contributed by atoms with Gasteiger partial charge in [0.1, 0.15) is 0 Å². The first kappa shape index (κ1) is 13.5. The Morgan fingerprint density at radius 3 is 2.95 bits per heavy atom. The number of carbonyl (C=O) groups is 1. The molecule has 1 heterocycles. The highest BCUT2D eigenvalue weighted by atomic mass is 16.2. The van der Waals surface area contributed by atoms with Crippen LogP contribution in [0, 0.1) is 6.92 Å². The van der Waals surface area contributed by atoms with E-state index >= 15 is 0 Å². The number of fused-ring (bicyclic) bond motifs is 1. The molecule has 0 radical (unpaired) electrons. The molecule has 4 heteroatoms. The van der Waals surface area contributed by atoms with Gasteiger partial charge in [0.25, 0.3) is 0 Å². The number of nitrogens with zero attached hydrogens (tertiary/aromatic N) is 1. The van der Waals surface area contributed by atoms with Crippen molar-refractivity contribution in [1.29, 1.82) is 0 Å². The average Bonchev–Trinajstić information content (AvgIpc) is 2.42. The van der Waals surface area contributed by atoms with Gasteiger partial charge in [0.2, 0.25) is 5.91 Å². The third-order valence-corrected chi connectivity index (χ3v) is 3.17. The fraction of sp³-hybridized carbons (Fsp3) is 0.333. The van der Waals surface area contributed by atoms with E-state index in [0.29, 0.717) is 6.42 Å². The molecule has 1 aromatic heterocycles. The topological polar surface area (TPSA) is 68.0 Å². The van der Waals surface area contributed by atoms with Crippen molar-refractivity contribution in [3.05, 3.63) is 36.0 Å². The molecule has 0 aliphatic rings. The Morgan fingerprint density at radius 1 is 1.42 bits per heavy atom. The van der Waals surface area contributed by atoms with E-state index in [1.807, 2.05) is 38.1 Å². The predicted molar refractivity (Wildman–Crippen MR) is 78.0 cm³/mol. The van der Waals surface area contributed by atoms with Crippen LogP contribution in [0.15, 0.2) is 30.5 Å². The minimum absolute atomic E-state index is 0.143. The zero-order valence-corrected chi connectivity index (χ0v) is 11.3. The van der Waals surface area contributed by atoms with Crippen molar-refractivity contribution in [2.45, 2.75) is 32.7 Å². The fourth-order valence-corrected chi connectivity index (χ4v) is 2.09. The van der Waals surface area contributed by atoms with Crippen molar-refractivity contribution in [3.63, 3.8) is 0 Å². The summed E-state index contributed by atoms with van der Waals surface area (Å²) < 4.78 is 0.